The first-order chi connectivity index (χ1) is 11.9. The van der Waals surface area contributed by atoms with E-state index in [0.29, 0.717) is 32.1 Å². The van der Waals surface area contributed by atoms with Gasteiger partial charge in [0, 0.05) is 31.7 Å². The number of benzene rings is 1. The number of halogens is 5. The van der Waals surface area contributed by atoms with E-state index in [-0.39, 0.29) is 29.9 Å². The zero-order valence-electron chi connectivity index (χ0n) is 14.7. The second-order valence-electron chi connectivity index (χ2n) is 6.23. The van der Waals surface area contributed by atoms with Crippen molar-refractivity contribution in [3.8, 4) is 0 Å². The molecule has 0 bridgehead atoms. The molecule has 0 amide bonds. The first-order valence-corrected chi connectivity index (χ1v) is 8.72. The van der Waals surface area contributed by atoms with E-state index in [1.807, 2.05) is 24.3 Å². The molecule has 2 N–H and O–H groups in total. The Kier molecular flexibility index (Phi) is 10.0. The third-order valence-electron chi connectivity index (χ3n) is 4.20. The van der Waals surface area contributed by atoms with Gasteiger partial charge in [-0.3, -0.25) is 9.89 Å². The molecule has 1 aliphatic rings. The molecule has 1 atom stereocenters. The number of rotatable bonds is 6. The van der Waals surface area contributed by atoms with E-state index < -0.39 is 12.7 Å². The minimum Gasteiger partial charge on any atom is -0.356 e. The van der Waals surface area contributed by atoms with Crippen molar-refractivity contribution in [3.63, 3.8) is 0 Å². The summed E-state index contributed by atoms with van der Waals surface area (Å²) < 4.78 is 37.2. The van der Waals surface area contributed by atoms with Crippen molar-refractivity contribution in [1.29, 1.82) is 0 Å². The molecule has 9 heteroatoms. The zero-order chi connectivity index (χ0) is 18.3. The van der Waals surface area contributed by atoms with E-state index in [0.717, 1.165) is 23.4 Å². The molecule has 0 aromatic heterocycles. The van der Waals surface area contributed by atoms with Crippen LogP contribution in [0, 0.1) is 5.92 Å². The van der Waals surface area contributed by atoms with Crippen molar-refractivity contribution in [1.82, 2.24) is 15.5 Å². The van der Waals surface area contributed by atoms with Crippen LogP contribution >= 0.6 is 35.6 Å². The highest BCUT2D eigenvalue weighted by molar-refractivity contribution is 14.0. The van der Waals surface area contributed by atoms with E-state index in [1.54, 1.807) is 7.05 Å². The van der Waals surface area contributed by atoms with E-state index in [4.69, 9.17) is 11.6 Å². The molecule has 1 aromatic carbocycles. The minimum absolute atomic E-state index is 0. The number of hydrogen-bond acceptors (Lipinski definition) is 2. The van der Waals surface area contributed by atoms with Gasteiger partial charge in [-0.2, -0.15) is 13.2 Å². The predicted octanol–water partition coefficient (Wildman–Crippen LogP) is 3.55. The molecule has 1 saturated heterocycles. The third-order valence-corrected chi connectivity index (χ3v) is 4.57. The Morgan fingerprint density at radius 3 is 2.69 bits per heavy atom. The van der Waals surface area contributed by atoms with Crippen LogP contribution in [0.4, 0.5) is 13.2 Å². The van der Waals surface area contributed by atoms with Crippen molar-refractivity contribution >= 4 is 41.5 Å². The van der Waals surface area contributed by atoms with E-state index in [9.17, 15) is 13.2 Å². The van der Waals surface area contributed by atoms with Crippen molar-refractivity contribution in [2.45, 2.75) is 19.0 Å². The Balaban J connectivity index is 0.00000338. The fourth-order valence-electron chi connectivity index (χ4n) is 2.95. The second-order valence-corrected chi connectivity index (χ2v) is 6.63. The summed E-state index contributed by atoms with van der Waals surface area (Å²) in [5.74, 6) is 0.853. The van der Waals surface area contributed by atoms with E-state index in [2.05, 4.69) is 15.6 Å². The SMILES string of the molecule is CN=C(NCCc1ccccc1Cl)NCC1CCN(CC(F)(F)F)C1.I. The van der Waals surface area contributed by atoms with Gasteiger partial charge in [0.2, 0.25) is 0 Å². The molecule has 1 aromatic rings. The molecule has 4 nitrogen and oxygen atoms in total. The topological polar surface area (TPSA) is 39.7 Å². The van der Waals surface area contributed by atoms with Crippen LogP contribution in [0.1, 0.15) is 12.0 Å². The summed E-state index contributed by atoms with van der Waals surface area (Å²) in [6.07, 6.45) is -2.60. The Bertz CT molecular complexity index is 583. The lowest BCUT2D eigenvalue weighted by Gasteiger charge is -2.18. The normalized spacial score (nSPS) is 18.5. The highest BCUT2D eigenvalue weighted by atomic mass is 127. The molecule has 0 aliphatic carbocycles. The Labute approximate surface area is 174 Å². The molecule has 1 heterocycles. The van der Waals surface area contributed by atoms with E-state index >= 15 is 0 Å². The third kappa shape index (κ3) is 8.30. The average Bonchev–Trinajstić information content (AvgIpc) is 2.97. The number of hydrogen-bond donors (Lipinski definition) is 2. The van der Waals surface area contributed by atoms with Crippen molar-refractivity contribution in [2.75, 3.05) is 39.8 Å². The molecule has 148 valence electrons. The number of guanidine groups is 1. The van der Waals surface area contributed by atoms with Crippen LogP contribution in [0.5, 0.6) is 0 Å². The monoisotopic (exact) mass is 504 g/mol. The maximum Gasteiger partial charge on any atom is 0.401 e. The quantitative estimate of drug-likeness (QED) is 0.354. The maximum absolute atomic E-state index is 12.4. The van der Waals surface area contributed by atoms with Crippen LogP contribution in [0.3, 0.4) is 0 Å². The van der Waals surface area contributed by atoms with Crippen molar-refractivity contribution in [2.24, 2.45) is 10.9 Å². The summed E-state index contributed by atoms with van der Waals surface area (Å²) in [5.41, 5.74) is 1.06. The second kappa shape index (κ2) is 11.2. The van der Waals surface area contributed by atoms with Gasteiger partial charge in [0.1, 0.15) is 0 Å². The molecule has 1 aliphatic heterocycles. The standard InChI is InChI=1S/C17H24ClF3N4.HI/c1-22-16(23-8-6-14-4-2-3-5-15(14)18)24-10-13-7-9-25(11-13)12-17(19,20)21;/h2-5,13H,6-12H2,1H3,(H2,22,23,24);1H. The lowest BCUT2D eigenvalue weighted by Crippen LogP contribution is -2.41. The number of nitrogens with zero attached hydrogens (tertiary/aromatic N) is 2. The van der Waals surface area contributed by atoms with Crippen LogP contribution in [-0.4, -0.2) is 56.8 Å². The van der Waals surface area contributed by atoms with Crippen LogP contribution < -0.4 is 10.6 Å². The fourth-order valence-corrected chi connectivity index (χ4v) is 3.19. The number of nitrogens with one attached hydrogen (secondary N) is 2. The largest absolute Gasteiger partial charge is 0.401 e. The van der Waals surface area contributed by atoms with Gasteiger partial charge in [-0.15, -0.1) is 24.0 Å². The van der Waals surface area contributed by atoms with Gasteiger partial charge in [0.05, 0.1) is 6.54 Å². The van der Waals surface area contributed by atoms with Gasteiger partial charge in [-0.1, -0.05) is 29.8 Å². The molecule has 1 fully saturated rings. The van der Waals surface area contributed by atoms with Gasteiger partial charge < -0.3 is 10.6 Å². The summed E-state index contributed by atoms with van der Waals surface area (Å²) >= 11 is 6.12. The summed E-state index contributed by atoms with van der Waals surface area (Å²) in [5, 5.41) is 7.14. The molecule has 1 unspecified atom stereocenters. The Hall–Kier alpha value is -0.740. The number of aliphatic imine (C=N–C) groups is 1. The molecule has 0 saturated carbocycles. The van der Waals surface area contributed by atoms with Gasteiger partial charge in [-0.05, 0) is 36.9 Å². The van der Waals surface area contributed by atoms with Crippen LogP contribution in [0.15, 0.2) is 29.3 Å². The highest BCUT2D eigenvalue weighted by Gasteiger charge is 2.34. The lowest BCUT2D eigenvalue weighted by atomic mass is 10.1. The lowest BCUT2D eigenvalue weighted by molar-refractivity contribution is -0.143. The maximum atomic E-state index is 12.4. The first-order valence-electron chi connectivity index (χ1n) is 8.34. The van der Waals surface area contributed by atoms with Gasteiger partial charge in [0.15, 0.2) is 5.96 Å². The highest BCUT2D eigenvalue weighted by Crippen LogP contribution is 2.22. The Morgan fingerprint density at radius 1 is 1.31 bits per heavy atom. The minimum atomic E-state index is -4.13. The summed E-state index contributed by atoms with van der Waals surface area (Å²) in [4.78, 5) is 5.61. The zero-order valence-corrected chi connectivity index (χ0v) is 17.7. The molecule has 26 heavy (non-hydrogen) atoms. The molecule has 2 rings (SSSR count). The first kappa shape index (κ1) is 23.3. The number of likely N-dealkylation sites (tertiary alicyclic amines) is 1. The smallest absolute Gasteiger partial charge is 0.356 e. The molecule has 0 radical (unpaired) electrons. The molecule has 0 spiro atoms. The molecular formula is C17H25ClF3IN4. The van der Waals surface area contributed by atoms with Crippen LogP contribution in [0.25, 0.3) is 0 Å². The fraction of sp³-hybridized carbons (Fsp3) is 0.588. The number of alkyl halides is 3. The van der Waals surface area contributed by atoms with E-state index in [1.165, 1.54) is 4.90 Å². The molecular weight excluding hydrogens is 480 g/mol. The van der Waals surface area contributed by atoms with Crippen LogP contribution in [-0.2, 0) is 6.42 Å². The van der Waals surface area contributed by atoms with Crippen molar-refractivity contribution < 1.29 is 13.2 Å². The predicted molar refractivity (Wildman–Crippen MR) is 111 cm³/mol. The average molecular weight is 505 g/mol. The summed E-state index contributed by atoms with van der Waals surface area (Å²) in [7, 11) is 1.68. The van der Waals surface area contributed by atoms with Gasteiger partial charge in [0.25, 0.3) is 0 Å². The van der Waals surface area contributed by atoms with Gasteiger partial charge >= 0.3 is 6.18 Å². The Morgan fingerprint density at radius 2 is 2.04 bits per heavy atom. The summed E-state index contributed by atoms with van der Waals surface area (Å²) in [6, 6.07) is 7.68. The van der Waals surface area contributed by atoms with Crippen LogP contribution in [0.2, 0.25) is 5.02 Å². The van der Waals surface area contributed by atoms with Gasteiger partial charge in [-0.25, -0.2) is 0 Å². The summed E-state index contributed by atoms with van der Waals surface area (Å²) in [6.45, 7) is 1.41. The van der Waals surface area contributed by atoms with Crippen molar-refractivity contribution in [3.05, 3.63) is 34.9 Å².